The van der Waals surface area contributed by atoms with E-state index < -0.39 is 0 Å². The van der Waals surface area contributed by atoms with E-state index in [9.17, 15) is 4.79 Å². The zero-order valence-electron chi connectivity index (χ0n) is 14.9. The molecule has 1 aromatic carbocycles. The summed E-state index contributed by atoms with van der Waals surface area (Å²) in [7, 11) is 1.69. The normalized spacial score (nSPS) is 18.3. The zero-order chi connectivity index (χ0) is 18.6. The van der Waals surface area contributed by atoms with E-state index in [1.807, 2.05) is 0 Å². The maximum atomic E-state index is 12.5. The highest BCUT2D eigenvalue weighted by Crippen LogP contribution is 2.35. The molecule has 2 aromatic rings. The Morgan fingerprint density at radius 3 is 3.04 bits per heavy atom. The van der Waals surface area contributed by atoms with Crippen molar-refractivity contribution in [3.63, 3.8) is 0 Å². The number of aromatic nitrogens is 1. The maximum Gasteiger partial charge on any atom is 0.275 e. The van der Waals surface area contributed by atoms with Gasteiger partial charge in [0.2, 0.25) is 12.7 Å². The van der Waals surface area contributed by atoms with Gasteiger partial charge in [0.05, 0.1) is 25.9 Å². The highest BCUT2D eigenvalue weighted by atomic mass is 16.7. The van der Waals surface area contributed by atoms with Crippen molar-refractivity contribution in [3.05, 3.63) is 36.0 Å². The fourth-order valence-corrected chi connectivity index (χ4v) is 2.81. The van der Waals surface area contributed by atoms with Gasteiger partial charge in [-0.3, -0.25) is 4.79 Å². The lowest BCUT2D eigenvalue weighted by Crippen LogP contribution is -2.40. The molecule has 1 fully saturated rings. The molecule has 0 unspecified atom stereocenters. The molecule has 1 amide bonds. The number of nitrogens with zero attached hydrogens (tertiary/aromatic N) is 2. The Labute approximate surface area is 155 Å². The van der Waals surface area contributed by atoms with E-state index in [0.29, 0.717) is 49.5 Å². The molecule has 0 spiro atoms. The van der Waals surface area contributed by atoms with Crippen LogP contribution in [0.3, 0.4) is 0 Å². The Balaban J connectivity index is 1.31. The summed E-state index contributed by atoms with van der Waals surface area (Å²) in [5.74, 6) is 1.97. The van der Waals surface area contributed by atoms with Gasteiger partial charge in [0, 0.05) is 19.7 Å². The number of benzene rings is 1. The molecule has 9 heteroatoms. The molecule has 2 aliphatic rings. The molecule has 144 valence electrons. The van der Waals surface area contributed by atoms with Crippen molar-refractivity contribution < 1.29 is 32.9 Å². The van der Waals surface area contributed by atoms with E-state index in [0.717, 1.165) is 0 Å². The third-order valence-electron chi connectivity index (χ3n) is 4.19. The number of hydrogen-bond donors (Lipinski definition) is 0. The Kier molecular flexibility index (Phi) is 5.12. The van der Waals surface area contributed by atoms with Crippen LogP contribution in [0.4, 0.5) is 0 Å². The van der Waals surface area contributed by atoms with Gasteiger partial charge >= 0.3 is 0 Å². The van der Waals surface area contributed by atoms with Gasteiger partial charge in [0.1, 0.15) is 12.0 Å². The molecule has 0 N–H and O–H groups in total. The summed E-state index contributed by atoms with van der Waals surface area (Å²) >= 11 is 0. The zero-order valence-corrected chi connectivity index (χ0v) is 14.9. The first kappa shape index (κ1) is 17.6. The number of fused-ring (bicyclic) bond motifs is 1. The molecule has 1 aromatic heterocycles. The first-order valence-corrected chi connectivity index (χ1v) is 8.61. The molecular formula is C18H20N2O7. The van der Waals surface area contributed by atoms with Crippen LogP contribution in [0.25, 0.3) is 0 Å². The number of hydrogen-bond acceptors (Lipinski definition) is 8. The second-order valence-corrected chi connectivity index (χ2v) is 6.18. The molecule has 0 radical (unpaired) electrons. The highest BCUT2D eigenvalue weighted by Gasteiger charge is 2.22. The van der Waals surface area contributed by atoms with E-state index in [2.05, 4.69) is 4.98 Å². The second-order valence-electron chi connectivity index (χ2n) is 6.18. The van der Waals surface area contributed by atoms with Crippen molar-refractivity contribution in [1.29, 1.82) is 0 Å². The van der Waals surface area contributed by atoms with Gasteiger partial charge in [-0.2, -0.15) is 0 Å². The molecule has 27 heavy (non-hydrogen) atoms. The maximum absolute atomic E-state index is 12.5. The van der Waals surface area contributed by atoms with Crippen LogP contribution in [-0.2, 0) is 16.1 Å². The van der Waals surface area contributed by atoms with Crippen molar-refractivity contribution in [2.45, 2.75) is 12.7 Å². The summed E-state index contributed by atoms with van der Waals surface area (Å²) in [6.45, 7) is 2.33. The molecule has 9 nitrogen and oxygen atoms in total. The van der Waals surface area contributed by atoms with Gasteiger partial charge in [-0.1, -0.05) is 0 Å². The monoisotopic (exact) mass is 376 g/mol. The predicted molar refractivity (Wildman–Crippen MR) is 90.9 cm³/mol. The lowest BCUT2D eigenvalue weighted by molar-refractivity contribution is -0.0933. The molecular weight excluding hydrogens is 356 g/mol. The Morgan fingerprint density at radius 1 is 1.30 bits per heavy atom. The largest absolute Gasteiger partial charge is 0.484 e. The fraction of sp³-hybridized carbons (Fsp3) is 0.444. The molecule has 2 aliphatic heterocycles. The number of carbonyl (C=O) groups is 1. The summed E-state index contributed by atoms with van der Waals surface area (Å²) < 4.78 is 32.4. The predicted octanol–water partition coefficient (Wildman–Crippen LogP) is 1.47. The van der Waals surface area contributed by atoms with Gasteiger partial charge in [-0.15, -0.1) is 0 Å². The molecule has 0 aliphatic carbocycles. The molecule has 0 saturated carbocycles. The topological polar surface area (TPSA) is 92.5 Å². The molecule has 3 heterocycles. The quantitative estimate of drug-likeness (QED) is 0.748. The molecule has 4 rings (SSSR count). The van der Waals surface area contributed by atoms with E-state index in [1.165, 1.54) is 6.26 Å². The summed E-state index contributed by atoms with van der Waals surface area (Å²) in [5.41, 5.74) is 0.221. The van der Waals surface area contributed by atoms with Crippen LogP contribution in [0, 0.1) is 0 Å². The van der Waals surface area contributed by atoms with Crippen molar-refractivity contribution in [3.8, 4) is 17.2 Å². The van der Waals surface area contributed by atoms with Gasteiger partial charge in [0.25, 0.3) is 5.91 Å². The number of rotatable bonds is 6. The number of carbonyl (C=O) groups excluding carboxylic acids is 1. The Hall–Kier alpha value is -2.78. The molecule has 1 atom stereocenters. The van der Waals surface area contributed by atoms with Gasteiger partial charge < -0.3 is 33.0 Å². The second kappa shape index (κ2) is 7.85. The third-order valence-corrected chi connectivity index (χ3v) is 4.19. The average Bonchev–Trinajstić information content (AvgIpc) is 3.35. The van der Waals surface area contributed by atoms with Crippen LogP contribution in [0.2, 0.25) is 0 Å². The van der Waals surface area contributed by atoms with Crippen LogP contribution >= 0.6 is 0 Å². The summed E-state index contributed by atoms with van der Waals surface area (Å²) in [6.07, 6.45) is 1.20. The van der Waals surface area contributed by atoms with Crippen molar-refractivity contribution in [2.75, 3.05) is 40.2 Å². The van der Waals surface area contributed by atoms with E-state index in [4.69, 9.17) is 28.1 Å². The minimum atomic E-state index is -0.248. The lowest BCUT2D eigenvalue weighted by Gasteiger charge is -2.27. The summed E-state index contributed by atoms with van der Waals surface area (Å²) in [6, 6.07) is 5.27. The van der Waals surface area contributed by atoms with Gasteiger partial charge in [0.15, 0.2) is 23.8 Å². The Bertz CT molecular complexity index is 801. The lowest BCUT2D eigenvalue weighted by atomic mass is 10.3. The minimum absolute atomic E-state index is 0.0935. The first-order chi connectivity index (χ1) is 13.2. The van der Waals surface area contributed by atoms with Crippen LogP contribution in [0.1, 0.15) is 16.4 Å². The average molecular weight is 376 g/mol. The summed E-state index contributed by atoms with van der Waals surface area (Å²) in [5, 5.41) is 0. The van der Waals surface area contributed by atoms with Gasteiger partial charge in [-0.25, -0.2) is 4.98 Å². The smallest absolute Gasteiger partial charge is 0.275 e. The minimum Gasteiger partial charge on any atom is -0.484 e. The summed E-state index contributed by atoms with van der Waals surface area (Å²) in [4.78, 5) is 18.2. The van der Waals surface area contributed by atoms with Crippen molar-refractivity contribution >= 4 is 5.91 Å². The van der Waals surface area contributed by atoms with Gasteiger partial charge in [-0.05, 0) is 12.1 Å². The van der Waals surface area contributed by atoms with Crippen LogP contribution in [0.15, 0.2) is 28.9 Å². The fourth-order valence-electron chi connectivity index (χ4n) is 2.81. The Morgan fingerprint density at radius 2 is 2.19 bits per heavy atom. The number of oxazole rings is 1. The van der Waals surface area contributed by atoms with E-state index in [-0.39, 0.29) is 31.1 Å². The van der Waals surface area contributed by atoms with Crippen molar-refractivity contribution in [2.24, 2.45) is 0 Å². The van der Waals surface area contributed by atoms with Crippen LogP contribution < -0.4 is 14.2 Å². The number of ether oxygens (including phenoxy) is 5. The van der Waals surface area contributed by atoms with E-state index >= 15 is 0 Å². The highest BCUT2D eigenvalue weighted by molar-refractivity contribution is 5.91. The first-order valence-electron chi connectivity index (χ1n) is 8.61. The molecule has 1 saturated heterocycles. The SMILES string of the molecule is CN(C[C@H]1COCCO1)C(=O)c1coc(COc2ccc3c(c2)OCO3)n1. The molecule has 0 bridgehead atoms. The standard InChI is InChI=1S/C18H20N2O7/c1-20(7-13-8-22-4-5-23-13)18(21)14-9-25-17(19-14)10-24-12-2-3-15-16(6-12)27-11-26-15/h2-3,6,9,13H,4-5,7-8,10-11H2,1H3/t13-/m0/s1. The van der Waals surface area contributed by atoms with Crippen molar-refractivity contribution in [1.82, 2.24) is 9.88 Å². The third kappa shape index (κ3) is 4.15. The number of amides is 1. The van der Waals surface area contributed by atoms with Crippen LogP contribution in [0.5, 0.6) is 17.2 Å². The van der Waals surface area contributed by atoms with Crippen LogP contribution in [-0.4, -0.2) is 62.1 Å². The number of likely N-dealkylation sites (N-methyl/N-ethyl adjacent to an activating group) is 1. The van der Waals surface area contributed by atoms with E-state index in [1.54, 1.807) is 30.1 Å².